The third kappa shape index (κ3) is 3.49. The molecule has 0 aromatic rings. The standard InChI is InChI=1S/C8H10N2O3S/c1-5(11)10-7(14-3)6(4-9)8(12)13-2/h1-3H3,(H,10,11)/b7-6+. The first kappa shape index (κ1) is 12.5. The molecule has 1 N–H and O–H groups in total. The van der Waals surface area contributed by atoms with Crippen LogP contribution in [0.4, 0.5) is 0 Å². The molecule has 5 nitrogen and oxygen atoms in total. The lowest BCUT2D eigenvalue weighted by molar-refractivity contribution is -0.135. The van der Waals surface area contributed by atoms with Crippen molar-refractivity contribution in [1.29, 1.82) is 5.26 Å². The van der Waals surface area contributed by atoms with E-state index in [-0.39, 0.29) is 16.5 Å². The van der Waals surface area contributed by atoms with Gasteiger partial charge in [0.05, 0.1) is 7.11 Å². The van der Waals surface area contributed by atoms with E-state index in [0.29, 0.717) is 0 Å². The number of nitriles is 1. The number of nitrogens with one attached hydrogen (secondary N) is 1. The number of rotatable bonds is 3. The fourth-order valence-electron chi connectivity index (χ4n) is 0.667. The van der Waals surface area contributed by atoms with E-state index in [2.05, 4.69) is 10.1 Å². The zero-order valence-electron chi connectivity index (χ0n) is 8.08. The van der Waals surface area contributed by atoms with Gasteiger partial charge in [0.25, 0.3) is 0 Å². The Morgan fingerprint density at radius 3 is 2.36 bits per heavy atom. The van der Waals surface area contributed by atoms with Gasteiger partial charge in [-0.2, -0.15) is 5.26 Å². The van der Waals surface area contributed by atoms with Gasteiger partial charge in [0.15, 0.2) is 5.57 Å². The summed E-state index contributed by atoms with van der Waals surface area (Å²) in [6.07, 6.45) is 1.64. The molecule has 0 unspecified atom stereocenters. The van der Waals surface area contributed by atoms with Crippen molar-refractivity contribution in [3.05, 3.63) is 10.6 Å². The second kappa shape index (κ2) is 6.05. The van der Waals surface area contributed by atoms with Gasteiger partial charge in [0.2, 0.25) is 5.91 Å². The number of esters is 1. The fourth-order valence-corrected chi connectivity index (χ4v) is 1.25. The fraction of sp³-hybridized carbons (Fsp3) is 0.375. The number of hydrogen-bond acceptors (Lipinski definition) is 5. The van der Waals surface area contributed by atoms with Crippen LogP contribution in [0.15, 0.2) is 10.6 Å². The molecule has 0 fully saturated rings. The predicted octanol–water partition coefficient (Wildman–Crippen LogP) is 0.394. The summed E-state index contributed by atoms with van der Waals surface area (Å²) in [5.41, 5.74) is -0.199. The van der Waals surface area contributed by atoms with E-state index in [0.717, 1.165) is 11.8 Å². The Hall–Kier alpha value is -1.48. The summed E-state index contributed by atoms with van der Waals surface area (Å²) >= 11 is 1.10. The zero-order chi connectivity index (χ0) is 11.1. The minimum Gasteiger partial charge on any atom is -0.465 e. The Balaban J connectivity index is 5.03. The molecule has 0 saturated heterocycles. The summed E-state index contributed by atoms with van der Waals surface area (Å²) < 4.78 is 4.38. The van der Waals surface area contributed by atoms with Gasteiger partial charge in [-0.3, -0.25) is 4.79 Å². The topological polar surface area (TPSA) is 79.2 Å². The van der Waals surface area contributed by atoms with E-state index < -0.39 is 5.97 Å². The largest absolute Gasteiger partial charge is 0.465 e. The number of amides is 1. The third-order valence-electron chi connectivity index (χ3n) is 1.22. The molecule has 0 spiro atoms. The van der Waals surface area contributed by atoms with Crippen LogP contribution in [0.1, 0.15) is 6.92 Å². The number of methoxy groups -OCH3 is 1. The highest BCUT2D eigenvalue weighted by atomic mass is 32.2. The summed E-state index contributed by atoms with van der Waals surface area (Å²) in [5.74, 6) is -1.10. The first-order chi connectivity index (χ1) is 6.56. The average Bonchev–Trinajstić information content (AvgIpc) is 2.16. The molecule has 0 bridgehead atoms. The van der Waals surface area contributed by atoms with Gasteiger partial charge in [-0.25, -0.2) is 4.79 Å². The molecule has 0 aliphatic carbocycles. The molecule has 0 rings (SSSR count). The van der Waals surface area contributed by atoms with Crippen LogP contribution in [0, 0.1) is 11.3 Å². The van der Waals surface area contributed by atoms with Crippen LogP contribution < -0.4 is 5.32 Å². The quantitative estimate of drug-likeness (QED) is 0.418. The molecule has 76 valence electrons. The first-order valence-corrected chi connectivity index (χ1v) is 4.83. The van der Waals surface area contributed by atoms with Crippen LogP contribution in [-0.2, 0) is 14.3 Å². The van der Waals surface area contributed by atoms with Crippen LogP contribution in [0.3, 0.4) is 0 Å². The van der Waals surface area contributed by atoms with Crippen LogP contribution in [0.25, 0.3) is 0 Å². The number of carbonyl (C=O) groups excluding carboxylic acids is 2. The van der Waals surface area contributed by atoms with Gasteiger partial charge in [0, 0.05) is 6.92 Å². The van der Waals surface area contributed by atoms with E-state index in [9.17, 15) is 9.59 Å². The van der Waals surface area contributed by atoms with Crippen LogP contribution in [-0.4, -0.2) is 25.2 Å². The molecule has 14 heavy (non-hydrogen) atoms. The lowest BCUT2D eigenvalue weighted by atomic mass is 10.3. The highest BCUT2D eigenvalue weighted by Gasteiger charge is 2.16. The van der Waals surface area contributed by atoms with Gasteiger partial charge in [-0.15, -0.1) is 11.8 Å². The summed E-state index contributed by atoms with van der Waals surface area (Å²) in [6.45, 7) is 1.29. The minimum absolute atomic E-state index is 0.199. The SMILES string of the molecule is COC(=O)/C(C#N)=C(\NC(C)=O)SC. The second-order valence-electron chi connectivity index (χ2n) is 2.19. The Morgan fingerprint density at radius 2 is 2.07 bits per heavy atom. The highest BCUT2D eigenvalue weighted by molar-refractivity contribution is 8.02. The normalized spacial score (nSPS) is 11.0. The summed E-state index contributed by atoms with van der Waals surface area (Å²) in [5, 5.41) is 11.2. The molecule has 0 aromatic heterocycles. The lowest BCUT2D eigenvalue weighted by Gasteiger charge is -2.06. The maximum absolute atomic E-state index is 11.1. The molecular formula is C8H10N2O3S. The third-order valence-corrected chi connectivity index (χ3v) is 1.94. The van der Waals surface area contributed by atoms with Gasteiger partial charge in [-0.05, 0) is 6.26 Å². The van der Waals surface area contributed by atoms with Crippen molar-refractivity contribution in [3.8, 4) is 6.07 Å². The van der Waals surface area contributed by atoms with Crippen molar-refractivity contribution in [1.82, 2.24) is 5.32 Å². The molecular weight excluding hydrogens is 204 g/mol. The lowest BCUT2D eigenvalue weighted by Crippen LogP contribution is -2.21. The molecule has 0 aliphatic heterocycles. The average molecular weight is 214 g/mol. The van der Waals surface area contributed by atoms with E-state index in [4.69, 9.17) is 5.26 Å². The van der Waals surface area contributed by atoms with E-state index in [1.165, 1.54) is 14.0 Å². The summed E-state index contributed by atoms with van der Waals surface area (Å²) in [6, 6.07) is 1.68. The Kier molecular flexibility index (Phi) is 5.41. The Bertz CT molecular complexity index is 317. The van der Waals surface area contributed by atoms with Gasteiger partial charge < -0.3 is 10.1 Å². The predicted molar refractivity (Wildman–Crippen MR) is 52.0 cm³/mol. The maximum atomic E-state index is 11.1. The highest BCUT2D eigenvalue weighted by Crippen LogP contribution is 2.14. The molecule has 0 aromatic carbocycles. The minimum atomic E-state index is -0.759. The summed E-state index contributed by atoms with van der Waals surface area (Å²) in [7, 11) is 1.17. The maximum Gasteiger partial charge on any atom is 0.351 e. The van der Waals surface area contributed by atoms with Gasteiger partial charge >= 0.3 is 5.97 Å². The van der Waals surface area contributed by atoms with Crippen LogP contribution in [0.2, 0.25) is 0 Å². The molecule has 0 aliphatic rings. The molecule has 0 heterocycles. The van der Waals surface area contributed by atoms with Crippen molar-refractivity contribution in [2.24, 2.45) is 0 Å². The van der Waals surface area contributed by atoms with Crippen LogP contribution in [0.5, 0.6) is 0 Å². The molecule has 0 atom stereocenters. The smallest absolute Gasteiger partial charge is 0.351 e. The molecule has 1 amide bonds. The van der Waals surface area contributed by atoms with Crippen LogP contribution >= 0.6 is 11.8 Å². The van der Waals surface area contributed by atoms with Crippen molar-refractivity contribution < 1.29 is 14.3 Å². The molecule has 0 saturated carbocycles. The number of thioether (sulfide) groups is 1. The number of carbonyl (C=O) groups is 2. The second-order valence-corrected chi connectivity index (χ2v) is 3.01. The Labute approximate surface area is 86.1 Å². The Morgan fingerprint density at radius 1 is 1.50 bits per heavy atom. The number of ether oxygens (including phenoxy) is 1. The monoisotopic (exact) mass is 214 g/mol. The van der Waals surface area contributed by atoms with Crippen molar-refractivity contribution in [3.63, 3.8) is 0 Å². The number of nitrogens with zero attached hydrogens (tertiary/aromatic N) is 1. The molecule has 0 radical (unpaired) electrons. The van der Waals surface area contributed by atoms with Gasteiger partial charge in [-0.1, -0.05) is 0 Å². The molecule has 6 heteroatoms. The first-order valence-electron chi connectivity index (χ1n) is 3.61. The van der Waals surface area contributed by atoms with E-state index >= 15 is 0 Å². The zero-order valence-corrected chi connectivity index (χ0v) is 8.90. The van der Waals surface area contributed by atoms with Crippen molar-refractivity contribution >= 4 is 23.6 Å². The van der Waals surface area contributed by atoms with Crippen molar-refractivity contribution in [2.75, 3.05) is 13.4 Å². The van der Waals surface area contributed by atoms with Crippen molar-refractivity contribution in [2.45, 2.75) is 6.92 Å². The summed E-state index contributed by atoms with van der Waals surface area (Å²) in [4.78, 5) is 21.8. The van der Waals surface area contributed by atoms with E-state index in [1.807, 2.05) is 0 Å². The van der Waals surface area contributed by atoms with E-state index in [1.54, 1.807) is 12.3 Å². The number of hydrogen-bond donors (Lipinski definition) is 1. The van der Waals surface area contributed by atoms with Gasteiger partial charge in [0.1, 0.15) is 11.1 Å².